The van der Waals surface area contributed by atoms with Gasteiger partial charge in [-0.3, -0.25) is 0 Å². The summed E-state index contributed by atoms with van der Waals surface area (Å²) in [7, 11) is 0. The van der Waals surface area contributed by atoms with Crippen LogP contribution in [0, 0.1) is 6.92 Å². The van der Waals surface area contributed by atoms with Crippen LogP contribution in [0.15, 0.2) is 36.7 Å². The lowest BCUT2D eigenvalue weighted by molar-refractivity contribution is 0.176. The molecule has 1 aromatic carbocycles. The minimum absolute atomic E-state index is 0.489. The standard InChI is InChI=1S/C12H14N2O/c1-9-2-4-10(5-3-9)11(15)8-12-13-6-7-14-12/h2-7,11,15H,8H2,1H3,(H,13,14). The number of aryl methyl sites for hydroxylation is 1. The van der Waals surface area contributed by atoms with Crippen LogP contribution in [0.3, 0.4) is 0 Å². The van der Waals surface area contributed by atoms with Crippen LogP contribution in [0.1, 0.15) is 23.1 Å². The summed E-state index contributed by atoms with van der Waals surface area (Å²) < 4.78 is 0. The second kappa shape index (κ2) is 4.28. The lowest BCUT2D eigenvalue weighted by atomic mass is 10.1. The maximum Gasteiger partial charge on any atom is 0.108 e. The van der Waals surface area contributed by atoms with Crippen LogP contribution in [0.2, 0.25) is 0 Å². The van der Waals surface area contributed by atoms with Crippen LogP contribution >= 0.6 is 0 Å². The van der Waals surface area contributed by atoms with Gasteiger partial charge in [0.1, 0.15) is 5.82 Å². The van der Waals surface area contributed by atoms with E-state index in [0.29, 0.717) is 6.42 Å². The topological polar surface area (TPSA) is 48.9 Å². The fourth-order valence-corrected chi connectivity index (χ4v) is 1.50. The molecule has 0 saturated heterocycles. The summed E-state index contributed by atoms with van der Waals surface area (Å²) in [5.74, 6) is 0.808. The molecular formula is C12H14N2O. The van der Waals surface area contributed by atoms with Crippen LogP contribution in [0.5, 0.6) is 0 Å². The summed E-state index contributed by atoms with van der Waals surface area (Å²) in [6, 6.07) is 7.90. The van der Waals surface area contributed by atoms with E-state index in [2.05, 4.69) is 9.97 Å². The zero-order valence-electron chi connectivity index (χ0n) is 8.64. The molecule has 1 atom stereocenters. The molecule has 0 amide bonds. The van der Waals surface area contributed by atoms with Gasteiger partial charge < -0.3 is 10.1 Å². The predicted octanol–water partition coefficient (Wildman–Crippen LogP) is 1.99. The van der Waals surface area contributed by atoms with Crippen LogP contribution in [-0.4, -0.2) is 15.1 Å². The fourth-order valence-electron chi connectivity index (χ4n) is 1.50. The van der Waals surface area contributed by atoms with Crippen LogP contribution in [-0.2, 0) is 6.42 Å². The van der Waals surface area contributed by atoms with Gasteiger partial charge in [0.25, 0.3) is 0 Å². The summed E-state index contributed by atoms with van der Waals surface area (Å²) in [4.78, 5) is 7.06. The molecular weight excluding hydrogens is 188 g/mol. The number of benzene rings is 1. The molecule has 3 heteroatoms. The Balaban J connectivity index is 2.08. The monoisotopic (exact) mass is 202 g/mol. The third kappa shape index (κ3) is 2.44. The van der Waals surface area contributed by atoms with Gasteiger partial charge in [0.2, 0.25) is 0 Å². The molecule has 2 N–H and O–H groups in total. The van der Waals surface area contributed by atoms with E-state index in [1.807, 2.05) is 31.2 Å². The van der Waals surface area contributed by atoms with Crippen molar-refractivity contribution in [3.05, 3.63) is 53.6 Å². The first kappa shape index (κ1) is 9.93. The third-order valence-corrected chi connectivity index (χ3v) is 2.40. The second-order valence-corrected chi connectivity index (χ2v) is 3.67. The zero-order chi connectivity index (χ0) is 10.7. The normalized spacial score (nSPS) is 12.7. The molecule has 0 aliphatic rings. The Morgan fingerprint density at radius 3 is 2.67 bits per heavy atom. The lowest BCUT2D eigenvalue weighted by Crippen LogP contribution is -2.03. The molecule has 15 heavy (non-hydrogen) atoms. The Bertz CT molecular complexity index is 406. The highest BCUT2D eigenvalue weighted by molar-refractivity contribution is 5.23. The minimum atomic E-state index is -0.489. The van der Waals surface area contributed by atoms with Crippen molar-refractivity contribution in [3.8, 4) is 0 Å². The van der Waals surface area contributed by atoms with Gasteiger partial charge in [-0.25, -0.2) is 4.98 Å². The number of rotatable bonds is 3. The van der Waals surface area contributed by atoms with E-state index in [-0.39, 0.29) is 0 Å². The number of H-pyrrole nitrogens is 1. The quantitative estimate of drug-likeness (QED) is 0.799. The summed E-state index contributed by atoms with van der Waals surface area (Å²) in [6.07, 6.45) is 3.49. The number of aliphatic hydroxyl groups is 1. The zero-order valence-corrected chi connectivity index (χ0v) is 8.64. The number of nitrogens with one attached hydrogen (secondary N) is 1. The van der Waals surface area contributed by atoms with E-state index in [4.69, 9.17) is 0 Å². The molecule has 1 aromatic heterocycles. The largest absolute Gasteiger partial charge is 0.388 e. The predicted molar refractivity (Wildman–Crippen MR) is 58.4 cm³/mol. The molecule has 2 rings (SSSR count). The van der Waals surface area contributed by atoms with Crippen molar-refractivity contribution < 1.29 is 5.11 Å². The summed E-state index contributed by atoms with van der Waals surface area (Å²) in [6.45, 7) is 2.03. The van der Waals surface area contributed by atoms with Crippen molar-refractivity contribution >= 4 is 0 Å². The van der Waals surface area contributed by atoms with Crippen molar-refractivity contribution in [3.63, 3.8) is 0 Å². The first-order chi connectivity index (χ1) is 7.25. The Kier molecular flexibility index (Phi) is 2.83. The van der Waals surface area contributed by atoms with E-state index >= 15 is 0 Å². The van der Waals surface area contributed by atoms with Crippen LogP contribution < -0.4 is 0 Å². The van der Waals surface area contributed by atoms with Gasteiger partial charge in [-0.1, -0.05) is 29.8 Å². The first-order valence-corrected chi connectivity index (χ1v) is 4.98. The van der Waals surface area contributed by atoms with Gasteiger partial charge in [0, 0.05) is 18.8 Å². The lowest BCUT2D eigenvalue weighted by Gasteiger charge is -2.09. The van der Waals surface area contributed by atoms with Crippen LogP contribution in [0.4, 0.5) is 0 Å². The Labute approximate surface area is 88.8 Å². The number of hydrogen-bond donors (Lipinski definition) is 2. The average molecular weight is 202 g/mol. The van der Waals surface area contributed by atoms with Gasteiger partial charge >= 0.3 is 0 Å². The average Bonchev–Trinajstić information content (AvgIpc) is 2.71. The smallest absolute Gasteiger partial charge is 0.108 e. The molecule has 0 spiro atoms. The number of nitrogens with zero attached hydrogens (tertiary/aromatic N) is 1. The molecule has 1 heterocycles. The Morgan fingerprint density at radius 2 is 2.07 bits per heavy atom. The number of aromatic nitrogens is 2. The molecule has 0 aliphatic heterocycles. The SMILES string of the molecule is Cc1ccc(C(O)Cc2ncc[nH]2)cc1. The molecule has 0 aliphatic carbocycles. The van der Waals surface area contributed by atoms with Gasteiger partial charge in [-0.2, -0.15) is 0 Å². The van der Waals surface area contributed by atoms with Crippen molar-refractivity contribution in [1.82, 2.24) is 9.97 Å². The van der Waals surface area contributed by atoms with Crippen molar-refractivity contribution in [2.75, 3.05) is 0 Å². The van der Waals surface area contributed by atoms with Crippen molar-refractivity contribution in [2.45, 2.75) is 19.4 Å². The molecule has 0 fully saturated rings. The van der Waals surface area contributed by atoms with E-state index < -0.39 is 6.10 Å². The van der Waals surface area contributed by atoms with Gasteiger partial charge in [0.05, 0.1) is 6.10 Å². The summed E-state index contributed by atoms with van der Waals surface area (Å²) in [5, 5.41) is 9.92. The molecule has 78 valence electrons. The van der Waals surface area contributed by atoms with Gasteiger partial charge in [-0.15, -0.1) is 0 Å². The van der Waals surface area contributed by atoms with Gasteiger partial charge in [-0.05, 0) is 12.5 Å². The second-order valence-electron chi connectivity index (χ2n) is 3.67. The number of aliphatic hydroxyl groups excluding tert-OH is 1. The highest BCUT2D eigenvalue weighted by Gasteiger charge is 2.09. The van der Waals surface area contributed by atoms with E-state index in [9.17, 15) is 5.11 Å². The highest BCUT2D eigenvalue weighted by atomic mass is 16.3. The summed E-state index contributed by atoms with van der Waals surface area (Å²) in [5.41, 5.74) is 2.13. The Morgan fingerprint density at radius 1 is 1.33 bits per heavy atom. The van der Waals surface area contributed by atoms with Gasteiger partial charge in [0.15, 0.2) is 0 Å². The minimum Gasteiger partial charge on any atom is -0.388 e. The molecule has 0 bridgehead atoms. The number of imidazole rings is 1. The molecule has 1 unspecified atom stereocenters. The molecule has 2 aromatic rings. The molecule has 0 saturated carbocycles. The first-order valence-electron chi connectivity index (χ1n) is 4.98. The summed E-state index contributed by atoms with van der Waals surface area (Å²) >= 11 is 0. The maximum atomic E-state index is 9.92. The molecule has 3 nitrogen and oxygen atoms in total. The number of aromatic amines is 1. The fraction of sp³-hybridized carbons (Fsp3) is 0.250. The van der Waals surface area contributed by atoms with E-state index in [0.717, 1.165) is 11.4 Å². The Hall–Kier alpha value is -1.61. The van der Waals surface area contributed by atoms with E-state index in [1.54, 1.807) is 12.4 Å². The van der Waals surface area contributed by atoms with Crippen molar-refractivity contribution in [1.29, 1.82) is 0 Å². The van der Waals surface area contributed by atoms with Crippen LogP contribution in [0.25, 0.3) is 0 Å². The molecule has 0 radical (unpaired) electrons. The third-order valence-electron chi connectivity index (χ3n) is 2.40. The highest BCUT2D eigenvalue weighted by Crippen LogP contribution is 2.16. The maximum absolute atomic E-state index is 9.92. The number of hydrogen-bond acceptors (Lipinski definition) is 2. The van der Waals surface area contributed by atoms with Crippen molar-refractivity contribution in [2.24, 2.45) is 0 Å². The van der Waals surface area contributed by atoms with E-state index in [1.165, 1.54) is 5.56 Å².